The number of ether oxygens (including phenoxy) is 1. The molecule has 0 saturated carbocycles. The highest BCUT2D eigenvalue weighted by molar-refractivity contribution is 5.83. The Morgan fingerprint density at radius 3 is 2.96 bits per heavy atom. The van der Waals surface area contributed by atoms with Crippen LogP contribution in [0.3, 0.4) is 0 Å². The molecule has 2 aliphatic rings. The molecule has 0 bridgehead atoms. The molecule has 3 N–H and O–H groups in total. The van der Waals surface area contributed by atoms with Gasteiger partial charge in [-0.15, -0.1) is 0 Å². The summed E-state index contributed by atoms with van der Waals surface area (Å²) >= 11 is 0. The molecular weight excluding hydrogens is 340 g/mol. The van der Waals surface area contributed by atoms with Gasteiger partial charge in [0, 0.05) is 32.5 Å². The number of nitrogens with zero attached hydrogens (tertiary/aromatic N) is 5. The van der Waals surface area contributed by atoms with Crippen LogP contribution >= 0.6 is 0 Å². The Morgan fingerprint density at radius 2 is 2.27 bits per heavy atom. The molecule has 140 valence electrons. The number of fused-ring (bicyclic) bond motifs is 1. The molecule has 0 unspecified atom stereocenters. The average molecular weight is 362 g/mol. The van der Waals surface area contributed by atoms with E-state index in [0.717, 1.165) is 13.0 Å². The van der Waals surface area contributed by atoms with E-state index in [9.17, 15) is 15.0 Å². The van der Waals surface area contributed by atoms with Crippen LogP contribution < -0.4 is 5.32 Å². The number of carbonyl (C=O) groups excluding carboxylic acids is 1. The van der Waals surface area contributed by atoms with Crippen molar-refractivity contribution in [2.24, 2.45) is 0 Å². The van der Waals surface area contributed by atoms with E-state index < -0.39 is 18.4 Å². The number of likely N-dealkylation sites (tertiary alicyclic amines) is 1. The lowest BCUT2D eigenvalue weighted by atomic mass is 10.2. The van der Waals surface area contributed by atoms with E-state index in [2.05, 4.69) is 20.3 Å². The number of nitrogens with one attached hydrogen (secondary N) is 1. The van der Waals surface area contributed by atoms with Crippen molar-refractivity contribution in [3.63, 3.8) is 0 Å². The number of amides is 1. The fourth-order valence-electron chi connectivity index (χ4n) is 3.60. The Labute approximate surface area is 149 Å². The molecule has 0 aliphatic carbocycles. The summed E-state index contributed by atoms with van der Waals surface area (Å²) in [4.78, 5) is 26.2. The summed E-state index contributed by atoms with van der Waals surface area (Å²) in [6, 6.07) is 0.106. The van der Waals surface area contributed by atoms with Crippen LogP contribution in [0.15, 0.2) is 12.7 Å². The number of hydrogen-bond acceptors (Lipinski definition) is 8. The highest BCUT2D eigenvalue weighted by Crippen LogP contribution is 2.31. The molecule has 0 aromatic carbocycles. The second-order valence-corrected chi connectivity index (χ2v) is 6.78. The van der Waals surface area contributed by atoms with Crippen molar-refractivity contribution in [2.45, 2.75) is 44.2 Å². The third kappa shape index (κ3) is 3.00. The van der Waals surface area contributed by atoms with E-state index in [1.165, 1.54) is 6.33 Å². The number of rotatable bonds is 4. The second-order valence-electron chi connectivity index (χ2n) is 6.78. The van der Waals surface area contributed by atoms with Gasteiger partial charge in [-0.1, -0.05) is 0 Å². The minimum atomic E-state index is -0.741. The van der Waals surface area contributed by atoms with E-state index in [-0.39, 0.29) is 18.6 Å². The highest BCUT2D eigenvalue weighted by Gasteiger charge is 2.36. The Hall–Kier alpha value is -2.30. The van der Waals surface area contributed by atoms with Gasteiger partial charge in [0.05, 0.1) is 19.0 Å². The molecular formula is C16H22N6O4. The van der Waals surface area contributed by atoms with Gasteiger partial charge in [-0.25, -0.2) is 15.0 Å². The van der Waals surface area contributed by atoms with Gasteiger partial charge in [0.15, 0.2) is 23.2 Å². The molecule has 0 spiro atoms. The zero-order chi connectivity index (χ0) is 18.3. The van der Waals surface area contributed by atoms with Crippen LogP contribution in [0, 0.1) is 0 Å². The summed E-state index contributed by atoms with van der Waals surface area (Å²) in [5.41, 5.74) is 1.13. The van der Waals surface area contributed by atoms with Gasteiger partial charge in [0.1, 0.15) is 12.4 Å². The number of aromatic nitrogens is 4. The third-order valence-corrected chi connectivity index (χ3v) is 4.98. The zero-order valence-electron chi connectivity index (χ0n) is 14.4. The number of aliphatic hydroxyl groups is 2. The Morgan fingerprint density at radius 1 is 1.42 bits per heavy atom. The van der Waals surface area contributed by atoms with Gasteiger partial charge in [-0.2, -0.15) is 0 Å². The van der Waals surface area contributed by atoms with Crippen LogP contribution in [0.1, 0.15) is 26.0 Å². The minimum absolute atomic E-state index is 0.0669. The Bertz CT molecular complexity index is 811. The fourth-order valence-corrected chi connectivity index (χ4v) is 3.60. The Balaban J connectivity index is 1.57. The van der Waals surface area contributed by atoms with Crippen LogP contribution in [0.4, 0.5) is 5.82 Å². The molecule has 2 aromatic heterocycles. The topological polar surface area (TPSA) is 126 Å². The average Bonchev–Trinajstić information content (AvgIpc) is 3.33. The molecule has 4 atom stereocenters. The smallest absolute Gasteiger partial charge is 0.219 e. The van der Waals surface area contributed by atoms with E-state index in [1.54, 1.807) is 22.7 Å². The minimum Gasteiger partial charge on any atom is -0.394 e. The summed E-state index contributed by atoms with van der Waals surface area (Å²) in [7, 11) is 0. The van der Waals surface area contributed by atoms with Gasteiger partial charge >= 0.3 is 0 Å². The lowest BCUT2D eigenvalue weighted by Crippen LogP contribution is -2.29. The van der Waals surface area contributed by atoms with Crippen molar-refractivity contribution in [1.82, 2.24) is 24.4 Å². The van der Waals surface area contributed by atoms with Crippen molar-refractivity contribution >= 4 is 22.9 Å². The first-order chi connectivity index (χ1) is 12.6. The molecule has 2 aromatic rings. The van der Waals surface area contributed by atoms with Crippen LogP contribution in [0.5, 0.6) is 0 Å². The van der Waals surface area contributed by atoms with Crippen LogP contribution in [-0.4, -0.2) is 78.5 Å². The molecule has 4 rings (SSSR count). The number of aliphatic hydroxyl groups excluding tert-OH is 2. The van der Waals surface area contributed by atoms with Crippen molar-refractivity contribution in [3.8, 4) is 0 Å². The molecule has 10 heteroatoms. The first kappa shape index (κ1) is 17.1. The standard InChI is InChI=1S/C16H22N6O4/c1-9(24)21-3-2-10(5-21)20-14-13-15(18-7-17-14)22(8-19-13)16-12(25)4-11(6-23)26-16/h7-8,10-12,16,23,25H,2-6H2,1H3,(H,17,18,20)/t10-,11+,12-,16-/m1/s1. The van der Waals surface area contributed by atoms with Gasteiger partial charge in [-0.05, 0) is 6.42 Å². The normalized spacial score (nSPS) is 28.8. The van der Waals surface area contributed by atoms with E-state index in [1.807, 2.05) is 0 Å². The predicted molar refractivity (Wildman–Crippen MR) is 91.2 cm³/mol. The lowest BCUT2D eigenvalue weighted by Gasteiger charge is -2.17. The molecule has 2 fully saturated rings. The van der Waals surface area contributed by atoms with E-state index in [0.29, 0.717) is 29.9 Å². The van der Waals surface area contributed by atoms with Gasteiger partial charge < -0.3 is 25.2 Å². The molecule has 2 aliphatic heterocycles. The van der Waals surface area contributed by atoms with Crippen molar-refractivity contribution in [1.29, 1.82) is 0 Å². The van der Waals surface area contributed by atoms with Crippen LogP contribution in [-0.2, 0) is 9.53 Å². The van der Waals surface area contributed by atoms with Crippen LogP contribution in [0.25, 0.3) is 11.2 Å². The third-order valence-electron chi connectivity index (χ3n) is 4.98. The monoisotopic (exact) mass is 362 g/mol. The van der Waals surface area contributed by atoms with Gasteiger partial charge in [-0.3, -0.25) is 9.36 Å². The maximum Gasteiger partial charge on any atom is 0.219 e. The highest BCUT2D eigenvalue weighted by atomic mass is 16.5. The lowest BCUT2D eigenvalue weighted by molar-refractivity contribution is -0.127. The summed E-state index contributed by atoms with van der Waals surface area (Å²) in [5, 5.41) is 22.8. The number of anilines is 1. The first-order valence-corrected chi connectivity index (χ1v) is 8.70. The van der Waals surface area contributed by atoms with Crippen molar-refractivity contribution < 1.29 is 19.7 Å². The van der Waals surface area contributed by atoms with Crippen molar-refractivity contribution in [2.75, 3.05) is 25.0 Å². The fraction of sp³-hybridized carbons (Fsp3) is 0.625. The SMILES string of the molecule is CC(=O)N1CC[C@@H](Nc2ncnc3c2ncn3[C@@H]2O[C@H](CO)C[C@H]2O)C1. The number of carbonyl (C=O) groups is 1. The predicted octanol–water partition coefficient (Wildman–Crippen LogP) is -0.500. The quantitative estimate of drug-likeness (QED) is 0.665. The van der Waals surface area contributed by atoms with Crippen LogP contribution in [0.2, 0.25) is 0 Å². The maximum absolute atomic E-state index is 11.5. The zero-order valence-corrected chi connectivity index (χ0v) is 14.4. The molecule has 4 heterocycles. The molecule has 0 radical (unpaired) electrons. The maximum atomic E-state index is 11.5. The second kappa shape index (κ2) is 6.78. The number of hydrogen-bond donors (Lipinski definition) is 3. The summed E-state index contributed by atoms with van der Waals surface area (Å²) in [6.45, 7) is 2.78. The van der Waals surface area contributed by atoms with E-state index in [4.69, 9.17) is 4.74 Å². The summed E-state index contributed by atoms with van der Waals surface area (Å²) in [5.74, 6) is 0.660. The van der Waals surface area contributed by atoms with Gasteiger partial charge in [0.25, 0.3) is 0 Å². The number of imidazole rings is 1. The van der Waals surface area contributed by atoms with Gasteiger partial charge in [0.2, 0.25) is 5.91 Å². The summed E-state index contributed by atoms with van der Waals surface area (Å²) in [6.07, 6.45) is 2.42. The molecule has 2 saturated heterocycles. The Kier molecular flexibility index (Phi) is 4.47. The molecule has 10 nitrogen and oxygen atoms in total. The van der Waals surface area contributed by atoms with E-state index >= 15 is 0 Å². The summed E-state index contributed by atoms with van der Waals surface area (Å²) < 4.78 is 7.35. The largest absolute Gasteiger partial charge is 0.394 e. The molecule has 1 amide bonds. The molecule has 26 heavy (non-hydrogen) atoms. The van der Waals surface area contributed by atoms with Crippen molar-refractivity contribution in [3.05, 3.63) is 12.7 Å². The first-order valence-electron chi connectivity index (χ1n) is 8.70.